The number of nitrogens with zero attached hydrogens (tertiary/aromatic N) is 1. The highest BCUT2D eigenvalue weighted by Gasteiger charge is 2.09. The molecule has 1 heterocycles. The van der Waals surface area contributed by atoms with E-state index in [0.29, 0.717) is 27.5 Å². The molecule has 4 nitrogen and oxygen atoms in total. The number of ether oxygens (including phenoxy) is 1. The quantitative estimate of drug-likeness (QED) is 0.677. The normalized spacial score (nSPS) is 10.5. The Hall–Kier alpha value is -2.77. The Balaban J connectivity index is 1.94. The molecular formula is C18H12ClNO3. The van der Waals surface area contributed by atoms with Crippen LogP contribution < -0.4 is 10.4 Å². The summed E-state index contributed by atoms with van der Waals surface area (Å²) in [5, 5.41) is 10.1. The predicted octanol–water partition coefficient (Wildman–Crippen LogP) is 4.21. The van der Waals surface area contributed by atoms with Crippen LogP contribution in [0.4, 0.5) is 0 Å². The summed E-state index contributed by atoms with van der Waals surface area (Å²) in [6.07, 6.45) is 0. The number of nitriles is 1. The molecule has 5 heteroatoms. The third-order valence-corrected chi connectivity index (χ3v) is 3.89. The largest absolute Gasteiger partial charge is 0.489 e. The number of rotatable bonds is 3. The molecule has 23 heavy (non-hydrogen) atoms. The van der Waals surface area contributed by atoms with Crippen LogP contribution in [0.2, 0.25) is 5.02 Å². The number of hydrogen-bond donors (Lipinski definition) is 0. The van der Waals surface area contributed by atoms with E-state index in [1.165, 1.54) is 6.07 Å². The van der Waals surface area contributed by atoms with E-state index in [1.807, 2.05) is 13.0 Å². The fourth-order valence-corrected chi connectivity index (χ4v) is 2.42. The van der Waals surface area contributed by atoms with E-state index in [-0.39, 0.29) is 6.61 Å². The number of aryl methyl sites for hydroxylation is 1. The van der Waals surface area contributed by atoms with Crippen LogP contribution in [-0.2, 0) is 6.61 Å². The first-order valence-electron chi connectivity index (χ1n) is 6.92. The van der Waals surface area contributed by atoms with Crippen molar-refractivity contribution < 1.29 is 9.15 Å². The molecule has 0 aliphatic heterocycles. The van der Waals surface area contributed by atoms with Gasteiger partial charge in [0.2, 0.25) is 0 Å². The summed E-state index contributed by atoms with van der Waals surface area (Å²) in [7, 11) is 0. The maximum atomic E-state index is 11.7. The molecule has 0 saturated carbocycles. The van der Waals surface area contributed by atoms with Crippen molar-refractivity contribution in [2.45, 2.75) is 13.5 Å². The minimum atomic E-state index is -0.433. The topological polar surface area (TPSA) is 63.2 Å². The molecule has 0 N–H and O–H groups in total. The lowest BCUT2D eigenvalue weighted by Gasteiger charge is -2.09. The van der Waals surface area contributed by atoms with Gasteiger partial charge in [-0.15, -0.1) is 0 Å². The summed E-state index contributed by atoms with van der Waals surface area (Å²) in [6.45, 7) is 2.05. The zero-order valence-corrected chi connectivity index (χ0v) is 13.1. The van der Waals surface area contributed by atoms with Crippen molar-refractivity contribution in [2.75, 3.05) is 0 Å². The summed E-state index contributed by atoms with van der Waals surface area (Å²) in [5.74, 6) is 0.614. The highest BCUT2D eigenvalue weighted by Crippen LogP contribution is 2.26. The van der Waals surface area contributed by atoms with E-state index in [9.17, 15) is 4.79 Å². The van der Waals surface area contributed by atoms with Gasteiger partial charge in [-0.05, 0) is 48.9 Å². The third kappa shape index (κ3) is 3.20. The van der Waals surface area contributed by atoms with Crippen molar-refractivity contribution in [1.82, 2.24) is 0 Å². The van der Waals surface area contributed by atoms with Crippen LogP contribution in [0, 0.1) is 18.3 Å². The van der Waals surface area contributed by atoms with Gasteiger partial charge in [-0.2, -0.15) is 5.26 Å². The van der Waals surface area contributed by atoms with Crippen molar-refractivity contribution in [2.24, 2.45) is 0 Å². The van der Waals surface area contributed by atoms with Gasteiger partial charge in [0.05, 0.1) is 11.6 Å². The van der Waals surface area contributed by atoms with Gasteiger partial charge in [0, 0.05) is 22.0 Å². The zero-order valence-electron chi connectivity index (χ0n) is 12.3. The van der Waals surface area contributed by atoms with Crippen molar-refractivity contribution in [3.8, 4) is 11.8 Å². The summed E-state index contributed by atoms with van der Waals surface area (Å²) >= 11 is 6.16. The first kappa shape index (κ1) is 15.1. The van der Waals surface area contributed by atoms with Gasteiger partial charge in [0.15, 0.2) is 0 Å². The molecule has 3 rings (SSSR count). The van der Waals surface area contributed by atoms with Crippen LogP contribution in [-0.4, -0.2) is 0 Å². The van der Waals surface area contributed by atoms with E-state index >= 15 is 0 Å². The lowest BCUT2D eigenvalue weighted by Crippen LogP contribution is -2.04. The monoisotopic (exact) mass is 325 g/mol. The molecule has 114 valence electrons. The molecule has 1 aromatic heterocycles. The molecule has 0 fully saturated rings. The summed E-state index contributed by atoms with van der Waals surface area (Å²) < 4.78 is 10.9. The minimum Gasteiger partial charge on any atom is -0.489 e. The molecule has 0 saturated heterocycles. The second-order valence-corrected chi connectivity index (χ2v) is 5.52. The Kier molecular flexibility index (Phi) is 4.05. The fourth-order valence-electron chi connectivity index (χ4n) is 2.25. The number of halogens is 1. The Morgan fingerprint density at radius 1 is 1.22 bits per heavy atom. The van der Waals surface area contributed by atoms with Gasteiger partial charge in [0.25, 0.3) is 0 Å². The van der Waals surface area contributed by atoms with E-state index in [0.717, 1.165) is 10.9 Å². The minimum absolute atomic E-state index is 0.202. The highest BCUT2D eigenvalue weighted by atomic mass is 35.5. The first-order valence-corrected chi connectivity index (χ1v) is 7.30. The molecule has 0 radical (unpaired) electrons. The fraction of sp³-hybridized carbons (Fsp3) is 0.111. The van der Waals surface area contributed by atoms with Crippen molar-refractivity contribution >= 4 is 22.6 Å². The number of hydrogen-bond acceptors (Lipinski definition) is 4. The van der Waals surface area contributed by atoms with E-state index in [4.69, 9.17) is 26.0 Å². The maximum Gasteiger partial charge on any atom is 0.336 e. The van der Waals surface area contributed by atoms with E-state index in [1.54, 1.807) is 36.4 Å². The molecule has 0 amide bonds. The molecule has 0 aliphatic rings. The average Bonchev–Trinajstić information content (AvgIpc) is 2.55. The Morgan fingerprint density at radius 3 is 2.65 bits per heavy atom. The highest BCUT2D eigenvalue weighted by molar-refractivity contribution is 6.32. The molecule has 0 unspecified atom stereocenters. The van der Waals surface area contributed by atoms with E-state index in [2.05, 4.69) is 0 Å². The Morgan fingerprint density at radius 2 is 1.96 bits per heavy atom. The van der Waals surface area contributed by atoms with Gasteiger partial charge >= 0.3 is 5.63 Å². The van der Waals surface area contributed by atoms with Crippen molar-refractivity contribution in [3.63, 3.8) is 0 Å². The van der Waals surface area contributed by atoms with Gasteiger partial charge in [-0.1, -0.05) is 11.6 Å². The van der Waals surface area contributed by atoms with Gasteiger partial charge in [0.1, 0.15) is 17.9 Å². The van der Waals surface area contributed by atoms with Crippen LogP contribution in [0.1, 0.15) is 16.7 Å². The van der Waals surface area contributed by atoms with Crippen LogP contribution in [0.3, 0.4) is 0 Å². The Labute approximate surface area is 137 Å². The second-order valence-electron chi connectivity index (χ2n) is 5.11. The summed E-state index contributed by atoms with van der Waals surface area (Å²) in [6, 6.07) is 13.7. The van der Waals surface area contributed by atoms with E-state index < -0.39 is 5.63 Å². The summed E-state index contributed by atoms with van der Waals surface area (Å²) in [5.41, 5.74) is 2.15. The van der Waals surface area contributed by atoms with Crippen LogP contribution in [0.5, 0.6) is 5.75 Å². The molecule has 0 spiro atoms. The van der Waals surface area contributed by atoms with Gasteiger partial charge in [-0.25, -0.2) is 4.79 Å². The maximum absolute atomic E-state index is 11.7. The standard InChI is InChI=1S/C18H12ClNO3/c1-11-6-17-15(8-16(11)19)13(7-18(21)23-17)10-22-14-4-2-12(9-20)3-5-14/h2-8H,10H2,1H3. The smallest absolute Gasteiger partial charge is 0.336 e. The summed E-state index contributed by atoms with van der Waals surface area (Å²) in [4.78, 5) is 11.7. The lowest BCUT2D eigenvalue weighted by molar-refractivity contribution is 0.306. The number of benzene rings is 2. The Bertz CT molecular complexity index is 968. The van der Waals surface area contributed by atoms with Crippen molar-refractivity contribution in [1.29, 1.82) is 5.26 Å². The van der Waals surface area contributed by atoms with Crippen LogP contribution in [0.25, 0.3) is 11.0 Å². The first-order chi connectivity index (χ1) is 11.1. The van der Waals surface area contributed by atoms with Crippen molar-refractivity contribution in [3.05, 3.63) is 74.6 Å². The SMILES string of the molecule is Cc1cc2oc(=O)cc(COc3ccc(C#N)cc3)c2cc1Cl. The third-order valence-electron chi connectivity index (χ3n) is 3.49. The average molecular weight is 326 g/mol. The number of fused-ring (bicyclic) bond motifs is 1. The van der Waals surface area contributed by atoms with Gasteiger partial charge < -0.3 is 9.15 Å². The van der Waals surface area contributed by atoms with Gasteiger partial charge in [-0.3, -0.25) is 0 Å². The molecule has 0 aliphatic carbocycles. The molecule has 0 atom stereocenters. The van der Waals surface area contributed by atoms with Crippen LogP contribution in [0.15, 0.2) is 51.7 Å². The molecular weight excluding hydrogens is 314 g/mol. The predicted molar refractivity (Wildman–Crippen MR) is 87.7 cm³/mol. The molecule has 0 bridgehead atoms. The van der Waals surface area contributed by atoms with Crippen LogP contribution >= 0.6 is 11.6 Å². The molecule has 3 aromatic rings. The second kappa shape index (κ2) is 6.15. The molecule has 2 aromatic carbocycles. The zero-order chi connectivity index (χ0) is 16.4. The lowest BCUT2D eigenvalue weighted by atomic mass is 10.1.